The molecule has 2 aromatic rings. The number of alkyl halides is 3. The first-order valence-electron chi connectivity index (χ1n) is 5.63. The van der Waals surface area contributed by atoms with E-state index in [4.69, 9.17) is 5.73 Å². The van der Waals surface area contributed by atoms with Gasteiger partial charge < -0.3 is 10.6 Å². The summed E-state index contributed by atoms with van der Waals surface area (Å²) in [6.45, 7) is 2.26. The van der Waals surface area contributed by atoms with Gasteiger partial charge in [0.15, 0.2) is 11.0 Å². The van der Waals surface area contributed by atoms with Crippen LogP contribution < -0.4 is 10.6 Å². The smallest absolute Gasteiger partial charge is 0.397 e. The van der Waals surface area contributed by atoms with Gasteiger partial charge in [0.2, 0.25) is 0 Å². The summed E-state index contributed by atoms with van der Waals surface area (Å²) in [5.41, 5.74) is 6.79. The van der Waals surface area contributed by atoms with Crippen molar-refractivity contribution in [2.45, 2.75) is 26.1 Å². The molecule has 19 heavy (non-hydrogen) atoms. The summed E-state index contributed by atoms with van der Waals surface area (Å²) in [7, 11) is 0. The quantitative estimate of drug-likeness (QED) is 0.871. The zero-order valence-electron chi connectivity index (χ0n) is 10.4. The Morgan fingerprint density at radius 3 is 2.47 bits per heavy atom. The first kappa shape index (κ1) is 13.4. The van der Waals surface area contributed by atoms with Gasteiger partial charge in [0, 0.05) is 6.04 Å². The van der Waals surface area contributed by atoms with Crippen molar-refractivity contribution in [1.29, 1.82) is 0 Å². The highest BCUT2D eigenvalue weighted by atomic mass is 19.4. The molecule has 5 nitrogen and oxygen atoms in total. The average Bonchev–Trinajstić information content (AvgIpc) is 2.75. The van der Waals surface area contributed by atoms with Crippen LogP contribution in [0.1, 0.15) is 13.8 Å². The number of anilines is 2. The van der Waals surface area contributed by atoms with Gasteiger partial charge in [-0.3, -0.25) is 0 Å². The third kappa shape index (κ3) is 2.72. The number of rotatable bonds is 3. The maximum Gasteiger partial charge on any atom is 0.405 e. The number of halogens is 3. The number of aromatic nitrogens is 2. The monoisotopic (exact) mass is 274 g/mol. The minimum atomic E-state index is -4.31. The highest BCUT2D eigenvalue weighted by Crippen LogP contribution is 2.31. The van der Waals surface area contributed by atoms with E-state index >= 15 is 0 Å². The van der Waals surface area contributed by atoms with Crippen LogP contribution in [-0.4, -0.2) is 29.1 Å². The Balaban J connectivity index is 2.51. The van der Waals surface area contributed by atoms with Crippen molar-refractivity contribution < 1.29 is 17.8 Å². The molecule has 1 aromatic carbocycles. The van der Waals surface area contributed by atoms with Crippen molar-refractivity contribution in [3.63, 3.8) is 0 Å². The second-order valence-electron chi connectivity index (χ2n) is 4.47. The van der Waals surface area contributed by atoms with Crippen LogP contribution in [0.15, 0.2) is 16.8 Å². The van der Waals surface area contributed by atoms with Crippen molar-refractivity contribution in [3.05, 3.63) is 12.1 Å². The van der Waals surface area contributed by atoms with Crippen LogP contribution >= 0.6 is 0 Å². The lowest BCUT2D eigenvalue weighted by atomic mass is 10.2. The molecule has 0 unspecified atom stereocenters. The molecule has 0 aliphatic carbocycles. The summed E-state index contributed by atoms with van der Waals surface area (Å²) in [6.07, 6.45) is -4.31. The zero-order valence-corrected chi connectivity index (χ0v) is 10.4. The van der Waals surface area contributed by atoms with Crippen LogP contribution in [0.2, 0.25) is 0 Å². The molecule has 0 atom stereocenters. The van der Waals surface area contributed by atoms with E-state index in [1.807, 2.05) is 0 Å². The second-order valence-corrected chi connectivity index (χ2v) is 4.47. The SMILES string of the molecule is CC(C)N(CC(F)(F)F)c1ccc(N)c2nonc12. The molecule has 1 heterocycles. The Hall–Kier alpha value is -1.99. The summed E-state index contributed by atoms with van der Waals surface area (Å²) in [4.78, 5) is 1.19. The van der Waals surface area contributed by atoms with Gasteiger partial charge in [-0.05, 0) is 36.3 Å². The minimum Gasteiger partial charge on any atom is -0.397 e. The normalized spacial score (nSPS) is 12.3. The fourth-order valence-corrected chi connectivity index (χ4v) is 1.84. The van der Waals surface area contributed by atoms with E-state index < -0.39 is 12.7 Å². The van der Waals surface area contributed by atoms with Gasteiger partial charge in [-0.25, -0.2) is 4.63 Å². The molecule has 0 aliphatic rings. The van der Waals surface area contributed by atoms with E-state index in [0.717, 1.165) is 0 Å². The molecule has 0 amide bonds. The van der Waals surface area contributed by atoms with Crippen molar-refractivity contribution >= 4 is 22.4 Å². The molecule has 8 heteroatoms. The molecule has 2 N–H and O–H groups in total. The number of benzene rings is 1. The third-order valence-corrected chi connectivity index (χ3v) is 2.71. The summed E-state index contributed by atoms with van der Waals surface area (Å²) in [5.74, 6) is 0. The van der Waals surface area contributed by atoms with E-state index in [-0.39, 0.29) is 17.1 Å². The molecule has 0 fully saturated rings. The van der Waals surface area contributed by atoms with Crippen LogP contribution in [0.25, 0.3) is 11.0 Å². The fraction of sp³-hybridized carbons (Fsp3) is 0.455. The Morgan fingerprint density at radius 1 is 1.26 bits per heavy atom. The fourth-order valence-electron chi connectivity index (χ4n) is 1.84. The van der Waals surface area contributed by atoms with Crippen molar-refractivity contribution in [3.8, 4) is 0 Å². The predicted octanol–water partition coefficient (Wildman–Crippen LogP) is 2.58. The number of nitrogen functional groups attached to an aromatic ring is 1. The zero-order chi connectivity index (χ0) is 14.2. The number of nitrogens with zero attached hydrogens (tertiary/aromatic N) is 3. The molecule has 0 spiro atoms. The number of fused-ring (bicyclic) bond motifs is 1. The van der Waals surface area contributed by atoms with Gasteiger partial charge in [-0.15, -0.1) is 0 Å². The lowest BCUT2D eigenvalue weighted by Gasteiger charge is -2.29. The topological polar surface area (TPSA) is 68.2 Å². The van der Waals surface area contributed by atoms with Crippen LogP contribution in [-0.2, 0) is 0 Å². The molecular weight excluding hydrogens is 261 g/mol. The molecule has 0 bridgehead atoms. The molecule has 0 aliphatic heterocycles. The maximum absolute atomic E-state index is 12.6. The average molecular weight is 274 g/mol. The molecular formula is C11H13F3N4O. The predicted molar refractivity (Wildman–Crippen MR) is 64.8 cm³/mol. The first-order chi connectivity index (χ1) is 8.79. The summed E-state index contributed by atoms with van der Waals surface area (Å²) in [6, 6.07) is 2.63. The summed E-state index contributed by atoms with van der Waals surface area (Å²) < 4.78 is 42.5. The van der Waals surface area contributed by atoms with E-state index in [2.05, 4.69) is 14.9 Å². The van der Waals surface area contributed by atoms with E-state index in [1.165, 1.54) is 17.0 Å². The summed E-state index contributed by atoms with van der Waals surface area (Å²) in [5, 5.41) is 7.24. The lowest BCUT2D eigenvalue weighted by molar-refractivity contribution is -0.120. The molecule has 104 valence electrons. The summed E-state index contributed by atoms with van der Waals surface area (Å²) >= 11 is 0. The molecule has 2 rings (SSSR count). The van der Waals surface area contributed by atoms with Gasteiger partial charge in [0.1, 0.15) is 6.54 Å². The third-order valence-electron chi connectivity index (χ3n) is 2.71. The Labute approximate surface area is 107 Å². The maximum atomic E-state index is 12.6. The standard InChI is InChI=1S/C11H13F3N4O/c1-6(2)18(5-11(12,13)14)8-4-3-7(15)9-10(8)17-19-16-9/h3-4,6H,5,15H2,1-2H3. The van der Waals surface area contributed by atoms with E-state index in [0.29, 0.717) is 11.4 Å². The largest absolute Gasteiger partial charge is 0.405 e. The number of hydrogen-bond acceptors (Lipinski definition) is 5. The van der Waals surface area contributed by atoms with Gasteiger partial charge in [0.05, 0.1) is 11.4 Å². The number of hydrogen-bond donors (Lipinski definition) is 1. The minimum absolute atomic E-state index is 0.234. The van der Waals surface area contributed by atoms with Gasteiger partial charge in [0.25, 0.3) is 0 Å². The highest BCUT2D eigenvalue weighted by molar-refractivity contribution is 5.95. The van der Waals surface area contributed by atoms with Crippen LogP contribution in [0.4, 0.5) is 24.5 Å². The van der Waals surface area contributed by atoms with Crippen LogP contribution in [0.5, 0.6) is 0 Å². The van der Waals surface area contributed by atoms with Crippen molar-refractivity contribution in [1.82, 2.24) is 10.3 Å². The van der Waals surface area contributed by atoms with Gasteiger partial charge in [-0.1, -0.05) is 0 Å². The van der Waals surface area contributed by atoms with E-state index in [1.54, 1.807) is 13.8 Å². The second kappa shape index (κ2) is 4.60. The van der Waals surface area contributed by atoms with Crippen LogP contribution in [0, 0.1) is 0 Å². The molecule has 0 saturated carbocycles. The Morgan fingerprint density at radius 2 is 1.89 bits per heavy atom. The van der Waals surface area contributed by atoms with Gasteiger partial charge >= 0.3 is 6.18 Å². The van der Waals surface area contributed by atoms with Crippen molar-refractivity contribution in [2.24, 2.45) is 0 Å². The van der Waals surface area contributed by atoms with Crippen LogP contribution in [0.3, 0.4) is 0 Å². The lowest BCUT2D eigenvalue weighted by Crippen LogP contribution is -2.39. The number of nitrogens with two attached hydrogens (primary N) is 1. The highest BCUT2D eigenvalue weighted by Gasteiger charge is 2.33. The molecule has 0 saturated heterocycles. The van der Waals surface area contributed by atoms with E-state index in [9.17, 15) is 13.2 Å². The Bertz CT molecular complexity index is 579. The molecule has 0 radical (unpaired) electrons. The first-order valence-corrected chi connectivity index (χ1v) is 5.63. The molecule has 1 aromatic heterocycles. The Kier molecular flexibility index (Phi) is 3.25. The van der Waals surface area contributed by atoms with Gasteiger partial charge in [-0.2, -0.15) is 13.2 Å². The van der Waals surface area contributed by atoms with Crippen molar-refractivity contribution in [2.75, 3.05) is 17.2 Å².